The van der Waals surface area contributed by atoms with Gasteiger partial charge in [0.2, 0.25) is 0 Å². The van der Waals surface area contributed by atoms with E-state index in [1.54, 1.807) is 4.08 Å². The molecule has 0 saturated heterocycles. The first-order valence-corrected chi connectivity index (χ1v) is 7.74. The summed E-state index contributed by atoms with van der Waals surface area (Å²) in [6.45, 7) is 2.12. The number of esters is 2. The lowest BCUT2D eigenvalue weighted by atomic mass is 9.84. The van der Waals surface area contributed by atoms with Gasteiger partial charge in [-0.3, -0.25) is 9.59 Å². The summed E-state index contributed by atoms with van der Waals surface area (Å²) in [6, 6.07) is 0. The number of halogens is 1. The molecule has 0 aliphatic rings. The van der Waals surface area contributed by atoms with Gasteiger partial charge < -0.3 is 9.47 Å². The van der Waals surface area contributed by atoms with Crippen molar-refractivity contribution in [1.82, 2.24) is 0 Å². The normalized spacial score (nSPS) is 10.8. The second-order valence-corrected chi connectivity index (χ2v) is 4.95. The van der Waals surface area contributed by atoms with Crippen LogP contribution in [0.15, 0.2) is 10.2 Å². The Morgan fingerprint density at radius 2 is 1.75 bits per heavy atom. The Bertz CT molecular complexity index is 388. The number of carbonyl (C=O) groups is 2. The second kappa shape index (κ2) is 10.7. The molecule has 0 aromatic carbocycles. The molecule has 0 saturated carbocycles. The van der Waals surface area contributed by atoms with Gasteiger partial charge in [0.15, 0.2) is 5.41 Å². The molecule has 0 aliphatic carbocycles. The fourth-order valence-corrected chi connectivity index (χ4v) is 2.26. The molecule has 0 bridgehead atoms. The van der Waals surface area contributed by atoms with Crippen molar-refractivity contribution >= 4 is 34.5 Å². The van der Waals surface area contributed by atoms with Gasteiger partial charge in [-0.25, -0.2) is 0 Å². The predicted molar refractivity (Wildman–Crippen MR) is 86.2 cm³/mol. The van der Waals surface area contributed by atoms with Gasteiger partial charge in [-0.2, -0.15) is 0 Å². The minimum Gasteiger partial charge on any atom is -0.468 e. The lowest BCUT2D eigenvalue weighted by molar-refractivity contribution is -0.164. The van der Waals surface area contributed by atoms with Crippen LogP contribution in [0, 0.1) is 17.3 Å². The smallest absolute Gasteiger partial charge is 0.328 e. The van der Waals surface area contributed by atoms with Crippen LogP contribution in [-0.2, 0) is 19.1 Å². The van der Waals surface area contributed by atoms with Crippen molar-refractivity contribution < 1.29 is 19.1 Å². The first-order valence-electron chi connectivity index (χ1n) is 6.49. The van der Waals surface area contributed by atoms with Gasteiger partial charge in [0.05, 0.1) is 14.2 Å². The number of rotatable bonds is 7. The molecule has 0 unspecified atom stereocenters. The van der Waals surface area contributed by atoms with E-state index in [9.17, 15) is 9.59 Å². The molecule has 0 rings (SSSR count). The molecular formula is C15H21IO4. The summed E-state index contributed by atoms with van der Waals surface area (Å²) < 4.78 is 11.1. The van der Waals surface area contributed by atoms with Gasteiger partial charge in [-0.05, 0) is 16.6 Å². The number of hydrogen-bond donors (Lipinski definition) is 0. The molecule has 0 spiro atoms. The molecule has 0 amide bonds. The minimum absolute atomic E-state index is 0.0674. The first kappa shape index (κ1) is 19.0. The van der Waals surface area contributed by atoms with Crippen LogP contribution in [0.4, 0.5) is 0 Å². The molecule has 0 aliphatic heterocycles. The van der Waals surface area contributed by atoms with Crippen LogP contribution in [0.3, 0.4) is 0 Å². The van der Waals surface area contributed by atoms with Crippen molar-refractivity contribution in [3.8, 4) is 11.8 Å². The Balaban J connectivity index is 5.02. The van der Waals surface area contributed by atoms with E-state index in [1.165, 1.54) is 20.3 Å². The van der Waals surface area contributed by atoms with Crippen molar-refractivity contribution in [1.29, 1.82) is 0 Å². The number of hydrogen-bond acceptors (Lipinski definition) is 4. The van der Waals surface area contributed by atoms with Gasteiger partial charge in [-0.15, -0.1) is 11.8 Å². The second-order valence-electron chi connectivity index (χ2n) is 4.23. The zero-order chi connectivity index (χ0) is 15.4. The molecule has 0 fully saturated rings. The first-order chi connectivity index (χ1) is 9.58. The number of ether oxygens (including phenoxy) is 2. The minimum atomic E-state index is -1.47. The molecule has 4 nitrogen and oxygen atoms in total. The lowest BCUT2D eigenvalue weighted by Gasteiger charge is -2.22. The number of unbranched alkanes of at least 4 members (excludes halogenated alkanes) is 3. The summed E-state index contributed by atoms with van der Waals surface area (Å²) in [5.41, 5.74) is -1.47. The van der Waals surface area contributed by atoms with E-state index in [0.717, 1.165) is 25.7 Å². The summed E-state index contributed by atoms with van der Waals surface area (Å²) >= 11 is 1.95. The summed E-state index contributed by atoms with van der Waals surface area (Å²) in [6.07, 6.45) is 5.59. The zero-order valence-corrected chi connectivity index (χ0v) is 14.4. The summed E-state index contributed by atoms with van der Waals surface area (Å²) in [7, 11) is 2.49. The van der Waals surface area contributed by atoms with Crippen LogP contribution in [0.1, 0.15) is 39.0 Å². The molecular weight excluding hydrogens is 371 g/mol. The molecule has 0 heterocycles. The van der Waals surface area contributed by atoms with E-state index < -0.39 is 17.4 Å². The van der Waals surface area contributed by atoms with Gasteiger partial charge in [0.1, 0.15) is 0 Å². The molecule has 0 radical (unpaired) electrons. The third-order valence-corrected chi connectivity index (χ3v) is 3.20. The molecule has 5 heteroatoms. The number of carbonyl (C=O) groups excluding carboxylic acids is 2. The van der Waals surface area contributed by atoms with Crippen LogP contribution >= 0.6 is 22.6 Å². The van der Waals surface area contributed by atoms with E-state index in [-0.39, 0.29) is 6.42 Å². The van der Waals surface area contributed by atoms with Crippen LogP contribution < -0.4 is 0 Å². The van der Waals surface area contributed by atoms with Crippen molar-refractivity contribution in [3.63, 3.8) is 0 Å². The Morgan fingerprint density at radius 3 is 2.20 bits per heavy atom. The third-order valence-electron chi connectivity index (χ3n) is 2.84. The van der Waals surface area contributed by atoms with Crippen molar-refractivity contribution in [2.45, 2.75) is 39.0 Å². The maximum Gasteiger partial charge on any atom is 0.328 e. The zero-order valence-electron chi connectivity index (χ0n) is 12.2. The third kappa shape index (κ3) is 5.53. The van der Waals surface area contributed by atoms with Crippen LogP contribution in [0.2, 0.25) is 0 Å². The molecule has 20 heavy (non-hydrogen) atoms. The Kier molecular flexibility index (Phi) is 10.2. The van der Waals surface area contributed by atoms with E-state index in [0.29, 0.717) is 0 Å². The van der Waals surface area contributed by atoms with Gasteiger partial charge in [0, 0.05) is 12.8 Å². The highest BCUT2D eigenvalue weighted by Crippen LogP contribution is 2.28. The summed E-state index contributed by atoms with van der Waals surface area (Å²) in [5.74, 6) is 4.58. The fourth-order valence-electron chi connectivity index (χ4n) is 1.65. The fraction of sp³-hybridized carbons (Fsp3) is 0.600. The van der Waals surface area contributed by atoms with Crippen molar-refractivity contribution in [2.24, 2.45) is 5.41 Å². The van der Waals surface area contributed by atoms with Crippen LogP contribution in [0.25, 0.3) is 0 Å². The maximum absolute atomic E-state index is 11.9. The monoisotopic (exact) mass is 392 g/mol. The summed E-state index contributed by atoms with van der Waals surface area (Å²) in [5, 5.41) is 0. The average molecular weight is 392 g/mol. The van der Waals surface area contributed by atoms with Crippen LogP contribution in [0.5, 0.6) is 0 Å². The molecule has 0 aromatic rings. The Morgan fingerprint density at radius 1 is 1.15 bits per heavy atom. The number of methoxy groups -OCH3 is 2. The summed E-state index contributed by atoms with van der Waals surface area (Å²) in [4.78, 5) is 23.9. The lowest BCUT2D eigenvalue weighted by Crippen LogP contribution is -2.39. The highest BCUT2D eigenvalue weighted by molar-refractivity contribution is 14.1. The van der Waals surface area contributed by atoms with Crippen molar-refractivity contribution in [3.05, 3.63) is 10.2 Å². The molecule has 0 atom stereocenters. The highest BCUT2D eigenvalue weighted by atomic mass is 127. The average Bonchev–Trinajstić information content (AvgIpc) is 2.47. The van der Waals surface area contributed by atoms with Crippen LogP contribution in [-0.4, -0.2) is 26.2 Å². The van der Waals surface area contributed by atoms with E-state index >= 15 is 0 Å². The molecule has 112 valence electrons. The quantitative estimate of drug-likeness (QED) is 0.220. The van der Waals surface area contributed by atoms with Gasteiger partial charge in [0.25, 0.3) is 0 Å². The van der Waals surface area contributed by atoms with E-state index in [2.05, 4.69) is 18.8 Å². The predicted octanol–water partition coefficient (Wildman–Crippen LogP) is 3.24. The highest BCUT2D eigenvalue weighted by Gasteiger charge is 2.45. The topological polar surface area (TPSA) is 52.6 Å². The molecule has 0 aromatic heterocycles. The van der Waals surface area contributed by atoms with E-state index in [1.807, 2.05) is 22.6 Å². The van der Waals surface area contributed by atoms with Gasteiger partial charge in [-0.1, -0.05) is 42.4 Å². The van der Waals surface area contributed by atoms with Crippen molar-refractivity contribution in [2.75, 3.05) is 14.2 Å². The maximum atomic E-state index is 11.9. The molecule has 0 N–H and O–H groups in total. The standard InChI is InChI=1S/C15H21IO4/c1-4-5-6-7-8-9-10-15(11-12-16,13(17)19-2)14(18)20-3/h11-12H,4-7,10H2,1-3H3/b12-11+. The van der Waals surface area contributed by atoms with Gasteiger partial charge >= 0.3 is 11.9 Å². The Labute approximate surface area is 134 Å². The van der Waals surface area contributed by atoms with E-state index in [4.69, 9.17) is 9.47 Å². The SMILES string of the molecule is CCCCCC#CCC(/C=C/I)(C(=O)OC)C(=O)OC. The largest absolute Gasteiger partial charge is 0.468 e. The Hall–Kier alpha value is -1.03.